The van der Waals surface area contributed by atoms with Gasteiger partial charge in [0.2, 0.25) is 0 Å². The van der Waals surface area contributed by atoms with Crippen LogP contribution in [0, 0.1) is 5.41 Å². The number of rotatable bonds is 1. The number of nitrogens with zero attached hydrogens (tertiary/aromatic N) is 2. The average Bonchev–Trinajstić information content (AvgIpc) is 2.92. The smallest absolute Gasteiger partial charge is 0.261 e. The number of guanidine groups is 1. The van der Waals surface area contributed by atoms with Gasteiger partial charge in [-0.3, -0.25) is 9.69 Å². The summed E-state index contributed by atoms with van der Waals surface area (Å²) in [6.07, 6.45) is 3.50. The number of nitrogens with two attached hydrogens (primary N) is 1. The van der Waals surface area contributed by atoms with Crippen LogP contribution in [-0.2, 0) is 21.5 Å². The van der Waals surface area contributed by atoms with Crippen LogP contribution in [0.25, 0.3) is 11.1 Å². The molecule has 2 spiro atoms. The second kappa shape index (κ2) is 6.57. The maximum absolute atomic E-state index is 13.5. The highest BCUT2D eigenvalue weighted by molar-refractivity contribution is 6.30. The van der Waals surface area contributed by atoms with Crippen LogP contribution in [0.2, 0.25) is 5.02 Å². The Bertz CT molecular complexity index is 1030. The largest absolute Gasteiger partial charge is 0.381 e. The molecule has 5 nitrogen and oxygen atoms in total. The molecule has 29 heavy (non-hydrogen) atoms. The van der Waals surface area contributed by atoms with E-state index in [9.17, 15) is 4.79 Å². The summed E-state index contributed by atoms with van der Waals surface area (Å²) < 4.78 is 5.62. The van der Waals surface area contributed by atoms with Crippen LogP contribution in [0.5, 0.6) is 0 Å². The SMILES string of the molecule is CN1C(=O)C2(CC3(CCOCC3)Cc3ccc(-c4cccc(Cl)c4)cc32)N=C1N. The molecule has 2 N–H and O–H groups in total. The molecule has 3 aliphatic rings. The molecule has 2 heterocycles. The summed E-state index contributed by atoms with van der Waals surface area (Å²) in [6.45, 7) is 1.46. The first kappa shape index (κ1) is 18.6. The summed E-state index contributed by atoms with van der Waals surface area (Å²) in [6, 6.07) is 14.2. The van der Waals surface area contributed by atoms with Crippen LogP contribution in [0.4, 0.5) is 0 Å². The average molecular weight is 410 g/mol. The number of carbonyl (C=O) groups excluding carboxylic acids is 1. The van der Waals surface area contributed by atoms with Gasteiger partial charge in [-0.15, -0.1) is 0 Å². The summed E-state index contributed by atoms with van der Waals surface area (Å²) in [5.74, 6) is 0.253. The van der Waals surface area contributed by atoms with Crippen molar-refractivity contribution < 1.29 is 9.53 Å². The van der Waals surface area contributed by atoms with Crippen LogP contribution in [0.15, 0.2) is 47.5 Å². The minimum atomic E-state index is -0.946. The lowest BCUT2D eigenvalue weighted by Crippen LogP contribution is -2.49. The molecule has 1 amide bonds. The van der Waals surface area contributed by atoms with E-state index in [0.717, 1.165) is 49.2 Å². The third kappa shape index (κ3) is 2.87. The zero-order chi connectivity index (χ0) is 20.2. The molecule has 2 aromatic rings. The summed E-state index contributed by atoms with van der Waals surface area (Å²) in [4.78, 5) is 19.7. The molecule has 1 saturated heterocycles. The van der Waals surface area contributed by atoms with Crippen LogP contribution in [0.1, 0.15) is 30.4 Å². The van der Waals surface area contributed by atoms with Crippen molar-refractivity contribution in [3.63, 3.8) is 0 Å². The van der Waals surface area contributed by atoms with E-state index < -0.39 is 5.54 Å². The minimum Gasteiger partial charge on any atom is -0.381 e. The molecular formula is C23H24ClN3O2. The predicted octanol–water partition coefficient (Wildman–Crippen LogP) is 3.73. The predicted molar refractivity (Wildman–Crippen MR) is 114 cm³/mol. The standard InChI is InChI=1S/C23H24ClN3O2/c1-27-20(28)23(26-21(27)25)14-22(7-9-29-10-8-22)13-17-6-5-16(12-19(17)23)15-3-2-4-18(24)11-15/h2-6,11-12H,7-10,13-14H2,1H3,(H2,25,26). The monoisotopic (exact) mass is 409 g/mol. The highest BCUT2D eigenvalue weighted by Gasteiger charge is 2.56. The van der Waals surface area contributed by atoms with Gasteiger partial charge in [-0.05, 0) is 71.6 Å². The number of carbonyl (C=O) groups is 1. The second-order valence-corrected chi connectivity index (χ2v) is 8.98. The minimum absolute atomic E-state index is 0.0213. The molecule has 1 fully saturated rings. The highest BCUT2D eigenvalue weighted by Crippen LogP contribution is 2.54. The van der Waals surface area contributed by atoms with Gasteiger partial charge in [0.05, 0.1) is 0 Å². The molecule has 5 rings (SSSR count). The zero-order valence-corrected chi connectivity index (χ0v) is 17.2. The van der Waals surface area contributed by atoms with Crippen molar-refractivity contribution in [1.29, 1.82) is 0 Å². The molecule has 1 unspecified atom stereocenters. The molecule has 0 radical (unpaired) electrons. The van der Waals surface area contributed by atoms with Crippen molar-refractivity contribution in [2.24, 2.45) is 16.1 Å². The van der Waals surface area contributed by atoms with Gasteiger partial charge in [-0.2, -0.15) is 0 Å². The lowest BCUT2D eigenvalue weighted by molar-refractivity contribution is -0.133. The Morgan fingerprint density at radius 1 is 1.14 bits per heavy atom. The van der Waals surface area contributed by atoms with Gasteiger partial charge in [-0.1, -0.05) is 35.9 Å². The molecule has 0 aromatic heterocycles. The fraction of sp³-hybridized carbons (Fsp3) is 0.391. The Morgan fingerprint density at radius 2 is 1.90 bits per heavy atom. The van der Waals surface area contributed by atoms with Crippen molar-refractivity contribution in [3.05, 3.63) is 58.6 Å². The number of hydrogen-bond acceptors (Lipinski definition) is 4. The fourth-order valence-electron chi connectivity index (χ4n) is 5.22. The zero-order valence-electron chi connectivity index (χ0n) is 16.5. The molecule has 2 aromatic carbocycles. The maximum atomic E-state index is 13.5. The Kier molecular flexibility index (Phi) is 4.23. The lowest BCUT2D eigenvalue weighted by Gasteiger charge is -2.47. The van der Waals surface area contributed by atoms with Crippen molar-refractivity contribution in [1.82, 2.24) is 4.90 Å². The summed E-state index contributed by atoms with van der Waals surface area (Å²) in [5.41, 5.74) is 9.42. The number of likely N-dealkylation sites (N-methyl/N-ethyl adjacent to an activating group) is 1. The van der Waals surface area contributed by atoms with E-state index in [1.165, 1.54) is 10.5 Å². The van der Waals surface area contributed by atoms with Crippen LogP contribution < -0.4 is 5.73 Å². The van der Waals surface area contributed by atoms with Crippen molar-refractivity contribution in [2.75, 3.05) is 20.3 Å². The highest BCUT2D eigenvalue weighted by atomic mass is 35.5. The van der Waals surface area contributed by atoms with E-state index >= 15 is 0 Å². The maximum Gasteiger partial charge on any atom is 0.261 e. The summed E-state index contributed by atoms with van der Waals surface area (Å²) >= 11 is 6.21. The van der Waals surface area contributed by atoms with E-state index in [1.807, 2.05) is 24.3 Å². The quantitative estimate of drug-likeness (QED) is 0.780. The Hall–Kier alpha value is -2.37. The van der Waals surface area contributed by atoms with Gasteiger partial charge >= 0.3 is 0 Å². The van der Waals surface area contributed by atoms with Gasteiger partial charge in [0.1, 0.15) is 0 Å². The Morgan fingerprint density at radius 3 is 2.59 bits per heavy atom. The van der Waals surface area contributed by atoms with E-state index in [2.05, 4.69) is 18.2 Å². The number of hydrogen-bond donors (Lipinski definition) is 1. The van der Waals surface area contributed by atoms with Crippen molar-refractivity contribution >= 4 is 23.5 Å². The number of aliphatic imine (C=N–C) groups is 1. The van der Waals surface area contributed by atoms with E-state index in [1.54, 1.807) is 7.05 Å². The number of ether oxygens (including phenoxy) is 1. The van der Waals surface area contributed by atoms with E-state index in [0.29, 0.717) is 17.4 Å². The second-order valence-electron chi connectivity index (χ2n) is 8.54. The first-order chi connectivity index (χ1) is 13.9. The fourth-order valence-corrected chi connectivity index (χ4v) is 5.41. The van der Waals surface area contributed by atoms with Gasteiger partial charge < -0.3 is 10.5 Å². The van der Waals surface area contributed by atoms with E-state index in [-0.39, 0.29) is 11.3 Å². The third-order valence-corrected chi connectivity index (χ3v) is 7.01. The molecule has 1 aliphatic carbocycles. The molecule has 0 saturated carbocycles. The molecular weight excluding hydrogens is 386 g/mol. The van der Waals surface area contributed by atoms with Crippen LogP contribution in [0.3, 0.4) is 0 Å². The lowest BCUT2D eigenvalue weighted by atomic mass is 9.60. The number of fused-ring (bicyclic) bond motifs is 2. The van der Waals surface area contributed by atoms with Crippen LogP contribution >= 0.6 is 11.6 Å². The number of amides is 1. The van der Waals surface area contributed by atoms with Gasteiger partial charge in [0.25, 0.3) is 5.91 Å². The molecule has 150 valence electrons. The number of halogens is 1. The van der Waals surface area contributed by atoms with Crippen LogP contribution in [-0.4, -0.2) is 37.0 Å². The van der Waals surface area contributed by atoms with Gasteiger partial charge in [0.15, 0.2) is 11.5 Å². The first-order valence-electron chi connectivity index (χ1n) is 10.0. The Labute approximate surface area is 175 Å². The normalized spacial score (nSPS) is 25.4. The molecule has 1 atom stereocenters. The first-order valence-corrected chi connectivity index (χ1v) is 10.4. The van der Waals surface area contributed by atoms with Gasteiger partial charge in [0, 0.05) is 25.3 Å². The molecule has 0 bridgehead atoms. The van der Waals surface area contributed by atoms with Crippen molar-refractivity contribution in [2.45, 2.75) is 31.2 Å². The van der Waals surface area contributed by atoms with E-state index in [4.69, 9.17) is 27.1 Å². The summed E-state index contributed by atoms with van der Waals surface area (Å²) in [7, 11) is 1.71. The molecule has 2 aliphatic heterocycles. The topological polar surface area (TPSA) is 67.9 Å². The van der Waals surface area contributed by atoms with Crippen molar-refractivity contribution in [3.8, 4) is 11.1 Å². The third-order valence-electron chi connectivity index (χ3n) is 6.77. The Balaban J connectivity index is 1.69. The van der Waals surface area contributed by atoms with Gasteiger partial charge in [-0.25, -0.2) is 4.99 Å². The number of benzene rings is 2. The molecule has 6 heteroatoms. The summed E-state index contributed by atoms with van der Waals surface area (Å²) in [5, 5.41) is 0.690.